The molecule has 1 aliphatic heterocycles. The van der Waals surface area contributed by atoms with E-state index in [9.17, 15) is 13.2 Å². The van der Waals surface area contributed by atoms with Gasteiger partial charge in [-0.05, 0) is 37.5 Å². The average molecular weight is 393 g/mol. The SMILES string of the molecule is CC(c1ccccc1)N(C)C(=O)Cc1ccc(S(=O)(=O)N2CCCC2)s1. The molecule has 26 heavy (non-hydrogen) atoms. The summed E-state index contributed by atoms with van der Waals surface area (Å²) in [4.78, 5) is 15.1. The second-order valence-electron chi connectivity index (χ2n) is 6.60. The number of hydrogen-bond acceptors (Lipinski definition) is 4. The molecular formula is C19H24N2O3S2. The van der Waals surface area contributed by atoms with E-state index in [1.54, 1.807) is 24.1 Å². The number of carbonyl (C=O) groups is 1. The van der Waals surface area contributed by atoms with Crippen LogP contribution in [0.25, 0.3) is 0 Å². The zero-order chi connectivity index (χ0) is 18.7. The molecule has 1 amide bonds. The molecule has 1 aromatic heterocycles. The Bertz CT molecular complexity index is 856. The van der Waals surface area contributed by atoms with Crippen molar-refractivity contribution >= 4 is 27.3 Å². The van der Waals surface area contributed by atoms with E-state index in [1.807, 2.05) is 37.3 Å². The van der Waals surface area contributed by atoms with Gasteiger partial charge >= 0.3 is 0 Å². The fraction of sp³-hybridized carbons (Fsp3) is 0.421. The van der Waals surface area contributed by atoms with E-state index in [0.29, 0.717) is 17.3 Å². The van der Waals surface area contributed by atoms with Crippen LogP contribution in [-0.4, -0.2) is 43.7 Å². The number of hydrogen-bond donors (Lipinski definition) is 0. The van der Waals surface area contributed by atoms with Crippen LogP contribution in [0.4, 0.5) is 0 Å². The second-order valence-corrected chi connectivity index (χ2v) is 9.93. The maximum absolute atomic E-state index is 12.6. The van der Waals surface area contributed by atoms with Crippen LogP contribution >= 0.6 is 11.3 Å². The summed E-state index contributed by atoms with van der Waals surface area (Å²) in [7, 11) is -1.62. The monoisotopic (exact) mass is 392 g/mol. The third-order valence-electron chi connectivity index (χ3n) is 4.88. The summed E-state index contributed by atoms with van der Waals surface area (Å²) in [5.41, 5.74) is 1.08. The van der Waals surface area contributed by atoms with Gasteiger partial charge in [0.25, 0.3) is 10.0 Å². The van der Waals surface area contributed by atoms with E-state index in [2.05, 4.69) is 0 Å². The van der Waals surface area contributed by atoms with Gasteiger partial charge in [0.15, 0.2) is 0 Å². The minimum Gasteiger partial charge on any atom is -0.339 e. The van der Waals surface area contributed by atoms with Crippen LogP contribution in [-0.2, 0) is 21.2 Å². The van der Waals surface area contributed by atoms with Crippen LogP contribution in [0.5, 0.6) is 0 Å². The van der Waals surface area contributed by atoms with Crippen molar-refractivity contribution in [2.24, 2.45) is 0 Å². The Balaban J connectivity index is 1.68. The number of amides is 1. The molecule has 0 aliphatic carbocycles. The molecule has 5 nitrogen and oxygen atoms in total. The Labute approximate surface area is 159 Å². The number of nitrogens with zero attached hydrogens (tertiary/aromatic N) is 2. The lowest BCUT2D eigenvalue weighted by molar-refractivity contribution is -0.131. The maximum Gasteiger partial charge on any atom is 0.252 e. The van der Waals surface area contributed by atoms with Crippen molar-refractivity contribution in [2.45, 2.75) is 36.4 Å². The molecule has 1 atom stereocenters. The van der Waals surface area contributed by atoms with Crippen LogP contribution in [0.2, 0.25) is 0 Å². The lowest BCUT2D eigenvalue weighted by Gasteiger charge is -2.25. The largest absolute Gasteiger partial charge is 0.339 e. The van der Waals surface area contributed by atoms with Gasteiger partial charge in [-0.1, -0.05) is 30.3 Å². The summed E-state index contributed by atoms with van der Waals surface area (Å²) >= 11 is 1.20. The third-order valence-corrected chi connectivity index (χ3v) is 8.33. The number of benzene rings is 1. The van der Waals surface area contributed by atoms with Crippen LogP contribution in [0, 0.1) is 0 Å². The fourth-order valence-electron chi connectivity index (χ4n) is 3.09. The van der Waals surface area contributed by atoms with Gasteiger partial charge in [0, 0.05) is 25.0 Å². The van der Waals surface area contributed by atoms with Crippen LogP contribution in [0.1, 0.15) is 36.2 Å². The highest BCUT2D eigenvalue weighted by atomic mass is 32.2. The summed E-state index contributed by atoms with van der Waals surface area (Å²) in [5, 5.41) is 0. The van der Waals surface area contributed by atoms with E-state index in [4.69, 9.17) is 0 Å². The Kier molecular flexibility index (Phi) is 5.79. The molecule has 1 aliphatic rings. The molecule has 1 fully saturated rings. The van der Waals surface area contributed by atoms with E-state index in [-0.39, 0.29) is 18.4 Å². The molecule has 0 saturated carbocycles. The summed E-state index contributed by atoms with van der Waals surface area (Å²) in [5.74, 6) is -0.0201. The molecule has 0 radical (unpaired) electrons. The topological polar surface area (TPSA) is 57.7 Å². The summed E-state index contributed by atoms with van der Waals surface area (Å²) < 4.78 is 27.1. The van der Waals surface area contributed by atoms with Crippen molar-refractivity contribution in [3.05, 3.63) is 52.9 Å². The number of likely N-dealkylation sites (N-methyl/N-ethyl adjacent to an activating group) is 1. The van der Waals surface area contributed by atoms with Crippen molar-refractivity contribution in [1.82, 2.24) is 9.21 Å². The van der Waals surface area contributed by atoms with E-state index in [0.717, 1.165) is 23.3 Å². The molecule has 1 saturated heterocycles. The average Bonchev–Trinajstić information content (AvgIpc) is 3.33. The Morgan fingerprint density at radius 1 is 1.15 bits per heavy atom. The highest BCUT2D eigenvalue weighted by Gasteiger charge is 2.29. The molecule has 0 spiro atoms. The zero-order valence-corrected chi connectivity index (χ0v) is 16.7. The predicted octanol–water partition coefficient (Wildman–Crippen LogP) is 3.29. The molecule has 2 heterocycles. The van der Waals surface area contributed by atoms with Gasteiger partial charge in [0.05, 0.1) is 12.5 Å². The molecule has 1 aromatic carbocycles. The van der Waals surface area contributed by atoms with Crippen LogP contribution in [0.3, 0.4) is 0 Å². The van der Waals surface area contributed by atoms with Crippen molar-refractivity contribution in [3.63, 3.8) is 0 Å². The highest BCUT2D eigenvalue weighted by Crippen LogP contribution is 2.28. The minimum absolute atomic E-state index is 0.0201. The summed E-state index contributed by atoms with van der Waals surface area (Å²) in [6.07, 6.45) is 2.05. The van der Waals surface area contributed by atoms with Gasteiger partial charge in [-0.3, -0.25) is 4.79 Å². The first-order valence-corrected chi connectivity index (χ1v) is 11.0. The lowest BCUT2D eigenvalue weighted by atomic mass is 10.1. The first-order valence-electron chi connectivity index (χ1n) is 8.79. The Morgan fingerprint density at radius 2 is 1.81 bits per heavy atom. The third kappa shape index (κ3) is 4.00. The van der Waals surface area contributed by atoms with Crippen LogP contribution in [0.15, 0.2) is 46.7 Å². The summed E-state index contributed by atoms with van der Waals surface area (Å²) in [6.45, 7) is 3.17. The standard InChI is InChI=1S/C19H24N2O3S2/c1-15(16-8-4-3-5-9-16)20(2)18(22)14-17-10-11-19(25-17)26(23,24)21-12-6-7-13-21/h3-5,8-11,15H,6-7,12-14H2,1-2H3. The van der Waals surface area contributed by atoms with E-state index >= 15 is 0 Å². The molecule has 7 heteroatoms. The van der Waals surface area contributed by atoms with Crippen LogP contribution < -0.4 is 0 Å². The Hall–Kier alpha value is -1.70. The zero-order valence-electron chi connectivity index (χ0n) is 15.1. The number of sulfonamides is 1. The van der Waals surface area contributed by atoms with Gasteiger partial charge in [-0.25, -0.2) is 8.42 Å². The number of carbonyl (C=O) groups excluding carboxylic acids is 1. The number of thiophene rings is 1. The normalized spacial score (nSPS) is 16.5. The highest BCUT2D eigenvalue weighted by molar-refractivity contribution is 7.91. The number of rotatable bonds is 6. The van der Waals surface area contributed by atoms with Crippen molar-refractivity contribution < 1.29 is 13.2 Å². The van der Waals surface area contributed by atoms with E-state index in [1.165, 1.54) is 15.6 Å². The van der Waals surface area contributed by atoms with Crippen molar-refractivity contribution in [2.75, 3.05) is 20.1 Å². The first kappa shape index (κ1) is 19.1. The quantitative estimate of drug-likeness (QED) is 0.758. The molecule has 140 valence electrons. The smallest absolute Gasteiger partial charge is 0.252 e. The van der Waals surface area contributed by atoms with Crippen molar-refractivity contribution in [1.29, 1.82) is 0 Å². The fourth-order valence-corrected chi connectivity index (χ4v) is 6.11. The lowest BCUT2D eigenvalue weighted by Crippen LogP contribution is -2.30. The van der Waals surface area contributed by atoms with Gasteiger partial charge in [-0.2, -0.15) is 4.31 Å². The van der Waals surface area contributed by atoms with Crippen molar-refractivity contribution in [3.8, 4) is 0 Å². The second kappa shape index (κ2) is 7.90. The molecule has 2 aromatic rings. The maximum atomic E-state index is 12.6. The predicted molar refractivity (Wildman–Crippen MR) is 104 cm³/mol. The molecular weight excluding hydrogens is 368 g/mol. The molecule has 0 N–H and O–H groups in total. The van der Waals surface area contributed by atoms with Gasteiger partial charge < -0.3 is 4.90 Å². The molecule has 1 unspecified atom stereocenters. The summed E-state index contributed by atoms with van der Waals surface area (Å²) in [6, 6.07) is 13.2. The Morgan fingerprint density at radius 3 is 2.46 bits per heavy atom. The molecule has 3 rings (SSSR count). The van der Waals surface area contributed by atoms with E-state index < -0.39 is 10.0 Å². The molecule has 0 bridgehead atoms. The first-order chi connectivity index (χ1) is 12.4. The van der Waals surface area contributed by atoms with Gasteiger partial charge in [0.1, 0.15) is 4.21 Å². The minimum atomic E-state index is -3.41. The van der Waals surface area contributed by atoms with Gasteiger partial charge in [-0.15, -0.1) is 11.3 Å². The van der Waals surface area contributed by atoms with Gasteiger partial charge in [0.2, 0.25) is 5.91 Å².